The normalized spacial score (nSPS) is 19.1. The van der Waals surface area contributed by atoms with Crippen molar-refractivity contribution >= 4 is 35.1 Å². The number of rotatable bonds is 6. The zero-order valence-electron chi connectivity index (χ0n) is 19.2. The summed E-state index contributed by atoms with van der Waals surface area (Å²) in [5.74, 6) is -2.33. The number of nitrogens with one attached hydrogen (secondary N) is 2. The van der Waals surface area contributed by atoms with Crippen LogP contribution in [0.5, 0.6) is 0 Å². The van der Waals surface area contributed by atoms with E-state index in [1.54, 1.807) is 29.2 Å². The topological polar surface area (TPSA) is 105 Å². The molecule has 2 unspecified atom stereocenters. The number of ether oxygens (including phenoxy) is 1. The summed E-state index contributed by atoms with van der Waals surface area (Å²) in [4.78, 5) is 52.2. The Hall–Kier alpha value is -3.68. The van der Waals surface area contributed by atoms with E-state index in [2.05, 4.69) is 10.6 Å². The Morgan fingerprint density at radius 3 is 2.56 bits per heavy atom. The van der Waals surface area contributed by atoms with Crippen LogP contribution in [0.4, 0.5) is 11.4 Å². The van der Waals surface area contributed by atoms with Crippen molar-refractivity contribution < 1.29 is 23.9 Å². The molecule has 2 atom stereocenters. The van der Waals surface area contributed by atoms with Gasteiger partial charge in [0.2, 0.25) is 5.91 Å². The fourth-order valence-electron chi connectivity index (χ4n) is 4.80. The Balaban J connectivity index is 1.36. The van der Waals surface area contributed by atoms with Crippen LogP contribution in [0.25, 0.3) is 0 Å². The van der Waals surface area contributed by atoms with Crippen LogP contribution in [0, 0.1) is 11.8 Å². The van der Waals surface area contributed by atoms with Crippen LogP contribution in [0.15, 0.2) is 48.5 Å². The number of benzene rings is 2. The molecule has 8 heteroatoms. The van der Waals surface area contributed by atoms with Crippen LogP contribution in [0.2, 0.25) is 0 Å². The fourth-order valence-corrected chi connectivity index (χ4v) is 4.80. The molecule has 2 aromatic carbocycles. The summed E-state index contributed by atoms with van der Waals surface area (Å²) in [5, 5.41) is 5.16. The summed E-state index contributed by atoms with van der Waals surface area (Å²) in [6.07, 6.45) is 3.75. The molecule has 4 rings (SSSR count). The summed E-state index contributed by atoms with van der Waals surface area (Å²) in [7, 11) is 1.53. The number of esters is 1. The van der Waals surface area contributed by atoms with E-state index >= 15 is 0 Å². The first-order chi connectivity index (χ1) is 16.5. The van der Waals surface area contributed by atoms with Crippen molar-refractivity contribution in [3.8, 4) is 0 Å². The van der Waals surface area contributed by atoms with Gasteiger partial charge in [-0.2, -0.15) is 0 Å². The van der Waals surface area contributed by atoms with Crippen LogP contribution in [0.1, 0.15) is 41.6 Å². The molecule has 178 valence electrons. The second-order valence-corrected chi connectivity index (χ2v) is 8.68. The van der Waals surface area contributed by atoms with E-state index in [0.29, 0.717) is 30.6 Å². The molecule has 1 aliphatic carbocycles. The first kappa shape index (κ1) is 23.5. The molecule has 1 heterocycles. The second kappa shape index (κ2) is 10.5. The summed E-state index contributed by atoms with van der Waals surface area (Å²) in [6, 6.07) is 14.3. The Morgan fingerprint density at radius 1 is 1.00 bits per heavy atom. The minimum Gasteiger partial charge on any atom is -0.455 e. The average molecular weight is 464 g/mol. The van der Waals surface area contributed by atoms with Gasteiger partial charge in [-0.15, -0.1) is 0 Å². The molecule has 0 radical (unpaired) electrons. The van der Waals surface area contributed by atoms with E-state index in [-0.39, 0.29) is 11.8 Å². The van der Waals surface area contributed by atoms with Gasteiger partial charge in [-0.1, -0.05) is 37.1 Å². The zero-order valence-corrected chi connectivity index (χ0v) is 19.2. The number of carbonyl (C=O) groups is 4. The lowest BCUT2D eigenvalue weighted by molar-refractivity contribution is -0.156. The van der Waals surface area contributed by atoms with Gasteiger partial charge in [-0.3, -0.25) is 19.2 Å². The predicted octanol–water partition coefficient (Wildman–Crippen LogP) is 2.92. The summed E-state index contributed by atoms with van der Waals surface area (Å²) < 4.78 is 5.33. The minimum atomic E-state index is -0.557. The van der Waals surface area contributed by atoms with Gasteiger partial charge in [0.1, 0.15) is 0 Å². The maximum atomic E-state index is 13.4. The molecule has 2 N–H and O–H groups in total. The highest BCUT2D eigenvalue weighted by molar-refractivity contribution is 6.00. The third-order valence-corrected chi connectivity index (χ3v) is 6.52. The molecule has 0 bridgehead atoms. The monoisotopic (exact) mass is 463 g/mol. The van der Waals surface area contributed by atoms with E-state index in [1.807, 2.05) is 24.3 Å². The molecule has 0 spiro atoms. The molecular weight excluding hydrogens is 434 g/mol. The minimum absolute atomic E-state index is 0.0398. The van der Waals surface area contributed by atoms with Crippen molar-refractivity contribution in [2.45, 2.75) is 32.1 Å². The molecule has 1 fully saturated rings. The molecule has 1 saturated carbocycles. The van der Waals surface area contributed by atoms with E-state index < -0.39 is 30.3 Å². The number of anilines is 2. The van der Waals surface area contributed by atoms with Gasteiger partial charge in [0.25, 0.3) is 11.8 Å². The van der Waals surface area contributed by atoms with Gasteiger partial charge in [0.15, 0.2) is 6.61 Å². The molecule has 0 saturated heterocycles. The summed E-state index contributed by atoms with van der Waals surface area (Å²) in [6.45, 7) is 0.168. The van der Waals surface area contributed by atoms with E-state index in [9.17, 15) is 19.2 Å². The third-order valence-electron chi connectivity index (χ3n) is 6.52. The molecule has 2 aromatic rings. The smallest absolute Gasteiger partial charge is 0.310 e. The third kappa shape index (κ3) is 5.11. The number of hydrogen-bond donors (Lipinski definition) is 2. The molecule has 2 aliphatic rings. The van der Waals surface area contributed by atoms with E-state index in [4.69, 9.17) is 4.74 Å². The quantitative estimate of drug-likeness (QED) is 0.641. The van der Waals surface area contributed by atoms with Crippen molar-refractivity contribution in [2.75, 3.05) is 30.4 Å². The zero-order chi connectivity index (χ0) is 24.1. The van der Waals surface area contributed by atoms with Crippen LogP contribution >= 0.6 is 0 Å². The molecule has 0 aromatic heterocycles. The number of fused-ring (bicyclic) bond motifs is 1. The van der Waals surface area contributed by atoms with Crippen molar-refractivity contribution in [3.05, 3.63) is 59.7 Å². The Kier molecular flexibility index (Phi) is 7.25. The lowest BCUT2D eigenvalue weighted by Gasteiger charge is -2.32. The van der Waals surface area contributed by atoms with Crippen LogP contribution in [-0.2, 0) is 25.5 Å². The Labute approximate surface area is 198 Å². The van der Waals surface area contributed by atoms with Crippen molar-refractivity contribution in [3.63, 3.8) is 0 Å². The van der Waals surface area contributed by atoms with Crippen LogP contribution in [0.3, 0.4) is 0 Å². The van der Waals surface area contributed by atoms with Crippen LogP contribution < -0.4 is 15.5 Å². The predicted molar refractivity (Wildman–Crippen MR) is 127 cm³/mol. The fraction of sp³-hybridized carbons (Fsp3) is 0.385. The number of nitrogens with zero attached hydrogens (tertiary/aromatic N) is 1. The number of amides is 3. The van der Waals surface area contributed by atoms with Crippen LogP contribution in [-0.4, -0.2) is 43.9 Å². The number of para-hydroxylation sites is 1. The first-order valence-electron chi connectivity index (χ1n) is 11.7. The van der Waals surface area contributed by atoms with Crippen molar-refractivity contribution in [1.29, 1.82) is 0 Å². The van der Waals surface area contributed by atoms with Gasteiger partial charge < -0.3 is 20.3 Å². The second-order valence-electron chi connectivity index (χ2n) is 8.68. The Morgan fingerprint density at radius 2 is 1.76 bits per heavy atom. The van der Waals surface area contributed by atoms with Gasteiger partial charge in [0.05, 0.1) is 11.8 Å². The van der Waals surface area contributed by atoms with E-state index in [1.165, 1.54) is 7.05 Å². The molecular formula is C26H29N3O5. The van der Waals surface area contributed by atoms with Crippen molar-refractivity contribution in [1.82, 2.24) is 5.32 Å². The maximum absolute atomic E-state index is 13.4. The highest BCUT2D eigenvalue weighted by atomic mass is 16.5. The summed E-state index contributed by atoms with van der Waals surface area (Å²) >= 11 is 0. The standard InChI is InChI=1S/C26H29N3O5/c1-27-24(31)18-8-6-9-19(15-18)28-23(30)16-34-26(33)21-11-4-3-10-20(21)25(32)29-14-13-17-7-2-5-12-22(17)29/h2,5-9,12,15,20-21H,3-4,10-11,13-14,16H2,1H3,(H,27,31)(H,28,30). The molecule has 3 amide bonds. The lowest BCUT2D eigenvalue weighted by Crippen LogP contribution is -2.42. The Bertz CT molecular complexity index is 1100. The summed E-state index contributed by atoms with van der Waals surface area (Å²) in [5.41, 5.74) is 2.90. The number of hydrogen-bond acceptors (Lipinski definition) is 5. The maximum Gasteiger partial charge on any atom is 0.310 e. The molecule has 1 aliphatic heterocycles. The first-order valence-corrected chi connectivity index (χ1v) is 11.7. The highest BCUT2D eigenvalue weighted by Crippen LogP contribution is 2.36. The molecule has 34 heavy (non-hydrogen) atoms. The van der Waals surface area contributed by atoms with Crippen molar-refractivity contribution in [2.24, 2.45) is 11.8 Å². The van der Waals surface area contributed by atoms with Gasteiger partial charge in [-0.25, -0.2) is 0 Å². The van der Waals surface area contributed by atoms with E-state index in [0.717, 1.165) is 30.5 Å². The highest BCUT2D eigenvalue weighted by Gasteiger charge is 2.40. The van der Waals surface area contributed by atoms with Gasteiger partial charge >= 0.3 is 5.97 Å². The number of carbonyl (C=O) groups excluding carboxylic acids is 4. The SMILES string of the molecule is CNC(=O)c1cccc(NC(=O)COC(=O)C2CCCCC2C(=O)N2CCc3ccccc32)c1. The van der Waals surface area contributed by atoms with Gasteiger partial charge in [0, 0.05) is 30.5 Å². The average Bonchev–Trinajstić information content (AvgIpc) is 3.30. The lowest BCUT2D eigenvalue weighted by atomic mass is 9.78. The van der Waals surface area contributed by atoms with Gasteiger partial charge in [-0.05, 0) is 49.1 Å². The largest absolute Gasteiger partial charge is 0.455 e. The molecule has 8 nitrogen and oxygen atoms in total.